The molecule has 2 saturated heterocycles. The van der Waals surface area contributed by atoms with Gasteiger partial charge >= 0.3 is 5.91 Å². The van der Waals surface area contributed by atoms with Crippen LogP contribution in [0.1, 0.15) is 41.7 Å². The van der Waals surface area contributed by atoms with Crippen molar-refractivity contribution in [3.05, 3.63) is 64.2 Å². The number of hydrogen-bond acceptors (Lipinski definition) is 8. The van der Waals surface area contributed by atoms with Crippen LogP contribution in [0.2, 0.25) is 0 Å². The second kappa shape index (κ2) is 10.7. The first-order valence-electron chi connectivity index (χ1n) is 12.4. The average Bonchev–Trinajstić information content (AvgIpc) is 3.41. The van der Waals surface area contributed by atoms with E-state index in [1.54, 1.807) is 25.3 Å². The van der Waals surface area contributed by atoms with Gasteiger partial charge in [0.05, 0.1) is 36.5 Å². The average molecular weight is 525 g/mol. The second-order valence-electron chi connectivity index (χ2n) is 9.37. The van der Waals surface area contributed by atoms with E-state index in [0.717, 1.165) is 6.07 Å². The number of anilines is 2. The van der Waals surface area contributed by atoms with Gasteiger partial charge in [-0.3, -0.25) is 14.6 Å². The van der Waals surface area contributed by atoms with Crippen LogP contribution in [0.25, 0.3) is 11.0 Å². The van der Waals surface area contributed by atoms with Crippen molar-refractivity contribution in [1.82, 2.24) is 14.9 Å². The Labute approximate surface area is 217 Å². The summed E-state index contributed by atoms with van der Waals surface area (Å²) in [6.07, 6.45) is 2.57. The fraction of sp³-hybridized carbons (Fsp3) is 0.385. The number of nitroso groups, excluding NO2 is 1. The van der Waals surface area contributed by atoms with E-state index in [1.165, 1.54) is 17.0 Å². The quantitative estimate of drug-likeness (QED) is 0.484. The number of ether oxygens (including phenoxy) is 1. The molecule has 3 heterocycles. The predicted molar refractivity (Wildman–Crippen MR) is 136 cm³/mol. The minimum absolute atomic E-state index is 0.222. The number of nitrogens with zero attached hydrogens (tertiary/aromatic N) is 5. The summed E-state index contributed by atoms with van der Waals surface area (Å²) in [7, 11) is 0. The lowest BCUT2D eigenvalue weighted by Crippen LogP contribution is -2.39. The smallest absolute Gasteiger partial charge is 0.308 e. The lowest BCUT2D eigenvalue weighted by atomic mass is 10.0. The molecule has 2 aromatic carbocycles. The minimum atomic E-state index is -0.903. The fourth-order valence-corrected chi connectivity index (χ4v) is 4.99. The van der Waals surface area contributed by atoms with Gasteiger partial charge in [-0.25, -0.2) is 13.8 Å². The van der Waals surface area contributed by atoms with Gasteiger partial charge in [-0.2, -0.15) is 0 Å². The van der Waals surface area contributed by atoms with Gasteiger partial charge in [0.1, 0.15) is 23.5 Å². The molecular formula is C26H26F2N6O4. The Morgan fingerprint density at radius 3 is 2.55 bits per heavy atom. The molecule has 38 heavy (non-hydrogen) atoms. The molecule has 2 atom stereocenters. The second-order valence-corrected chi connectivity index (χ2v) is 9.37. The zero-order chi connectivity index (χ0) is 26.8. The van der Waals surface area contributed by atoms with Crippen LogP contribution in [0.3, 0.4) is 0 Å². The van der Waals surface area contributed by atoms with Gasteiger partial charge in [0.2, 0.25) is 0 Å². The molecule has 2 amide bonds. The molecule has 0 saturated carbocycles. The Morgan fingerprint density at radius 2 is 1.84 bits per heavy atom. The Bertz CT molecular complexity index is 1380. The topological polar surface area (TPSA) is 117 Å². The summed E-state index contributed by atoms with van der Waals surface area (Å²) in [6.45, 7) is 4.53. The number of fused-ring (bicyclic) bond motifs is 1. The van der Waals surface area contributed by atoms with E-state index >= 15 is 0 Å². The molecule has 198 valence electrons. The zero-order valence-electron chi connectivity index (χ0n) is 20.7. The molecule has 5 rings (SSSR count). The summed E-state index contributed by atoms with van der Waals surface area (Å²) in [4.78, 5) is 49.2. The van der Waals surface area contributed by atoms with Crippen LogP contribution < -0.4 is 10.2 Å². The summed E-state index contributed by atoms with van der Waals surface area (Å²) in [6, 6.07) is 4.94. The maximum Gasteiger partial charge on any atom is 0.308 e. The van der Waals surface area contributed by atoms with Gasteiger partial charge in [-0.05, 0) is 44.0 Å². The lowest BCUT2D eigenvalue weighted by molar-refractivity contribution is -0.121. The number of morpholine rings is 1. The number of amides is 2. The SMILES string of the molecule is CC(Nc1cc(F)cc(F)c1)c1cc(C(=O)N2CCCC2C(=O)N=O)cc2ncc(N3CCOCC3)nc12. The molecule has 0 bridgehead atoms. The van der Waals surface area contributed by atoms with E-state index in [2.05, 4.69) is 15.5 Å². The standard InChI is InChI=1S/C26H26F2N6O4/c1-15(30-19-12-17(27)11-18(28)13-19)20-9-16(26(36)34-4-2-3-22(34)25(35)32-37)10-21-24(20)31-23(14-29-21)33-5-7-38-8-6-33/h9-15,22,30H,2-8H2,1H3. The Hall–Kier alpha value is -4.06. The lowest BCUT2D eigenvalue weighted by Gasteiger charge is -2.28. The number of rotatable bonds is 6. The van der Waals surface area contributed by atoms with E-state index in [1.807, 2.05) is 4.90 Å². The summed E-state index contributed by atoms with van der Waals surface area (Å²) in [5.41, 5.74) is 2.02. The third-order valence-electron chi connectivity index (χ3n) is 6.85. The number of likely N-dealkylation sites (tertiary alicyclic amines) is 1. The van der Waals surface area contributed by atoms with Crippen LogP contribution in [0.5, 0.6) is 0 Å². The van der Waals surface area contributed by atoms with E-state index in [9.17, 15) is 23.3 Å². The fourth-order valence-electron chi connectivity index (χ4n) is 4.99. The monoisotopic (exact) mass is 524 g/mol. The third-order valence-corrected chi connectivity index (χ3v) is 6.85. The highest BCUT2D eigenvalue weighted by Crippen LogP contribution is 2.30. The zero-order valence-corrected chi connectivity index (χ0v) is 20.7. The molecule has 2 aliphatic rings. The van der Waals surface area contributed by atoms with E-state index in [-0.39, 0.29) is 11.3 Å². The normalized spacial score (nSPS) is 18.4. The van der Waals surface area contributed by atoms with Crippen molar-refractivity contribution < 1.29 is 23.1 Å². The van der Waals surface area contributed by atoms with Crippen LogP contribution in [0.15, 0.2) is 41.7 Å². The van der Waals surface area contributed by atoms with E-state index in [4.69, 9.17) is 9.72 Å². The predicted octanol–water partition coefficient (Wildman–Crippen LogP) is 3.82. The first kappa shape index (κ1) is 25.6. The molecule has 2 aliphatic heterocycles. The van der Waals surface area contributed by atoms with Crippen molar-refractivity contribution in [2.45, 2.75) is 31.8 Å². The van der Waals surface area contributed by atoms with Crippen LogP contribution in [0, 0.1) is 16.5 Å². The molecule has 0 radical (unpaired) electrons. The molecule has 0 spiro atoms. The van der Waals surface area contributed by atoms with Crippen molar-refractivity contribution in [3.8, 4) is 0 Å². The number of benzene rings is 2. The summed E-state index contributed by atoms with van der Waals surface area (Å²) >= 11 is 0. The number of hydrogen-bond donors (Lipinski definition) is 1. The van der Waals surface area contributed by atoms with Gasteiger partial charge < -0.3 is 19.9 Å². The third kappa shape index (κ3) is 5.17. The molecule has 1 aromatic heterocycles. The number of nitrogens with one attached hydrogen (secondary N) is 1. The Morgan fingerprint density at radius 1 is 1.11 bits per heavy atom. The number of aromatic nitrogens is 2. The van der Waals surface area contributed by atoms with Crippen LogP contribution in [0.4, 0.5) is 20.3 Å². The highest BCUT2D eigenvalue weighted by Gasteiger charge is 2.35. The van der Waals surface area contributed by atoms with Crippen LogP contribution >= 0.6 is 0 Å². The molecular weight excluding hydrogens is 498 g/mol. The number of carbonyl (C=O) groups excluding carboxylic acids is 2. The first-order valence-corrected chi connectivity index (χ1v) is 12.4. The van der Waals surface area contributed by atoms with Crippen molar-refractivity contribution in [1.29, 1.82) is 0 Å². The number of carbonyl (C=O) groups is 2. The number of halogens is 2. The van der Waals surface area contributed by atoms with Gasteiger partial charge in [-0.1, -0.05) is 0 Å². The summed E-state index contributed by atoms with van der Waals surface area (Å²) < 4.78 is 33.1. The highest BCUT2D eigenvalue weighted by atomic mass is 19.1. The van der Waals surface area contributed by atoms with Crippen molar-refractivity contribution >= 4 is 34.4 Å². The molecule has 3 aromatic rings. The molecule has 0 aliphatic carbocycles. The summed E-state index contributed by atoms with van der Waals surface area (Å²) in [5.74, 6) is -2.12. The molecule has 12 heteroatoms. The van der Waals surface area contributed by atoms with Crippen molar-refractivity contribution in [2.75, 3.05) is 43.1 Å². The molecule has 2 unspecified atom stereocenters. The first-order chi connectivity index (χ1) is 18.3. The van der Waals surface area contributed by atoms with Crippen LogP contribution in [-0.2, 0) is 9.53 Å². The Kier molecular flexibility index (Phi) is 7.23. The van der Waals surface area contributed by atoms with Crippen molar-refractivity contribution in [3.63, 3.8) is 0 Å². The van der Waals surface area contributed by atoms with Gasteiger partial charge in [0, 0.05) is 47.7 Å². The Balaban J connectivity index is 1.56. The minimum Gasteiger partial charge on any atom is -0.378 e. The highest BCUT2D eigenvalue weighted by molar-refractivity contribution is 6.01. The largest absolute Gasteiger partial charge is 0.378 e. The van der Waals surface area contributed by atoms with E-state index in [0.29, 0.717) is 68.1 Å². The van der Waals surface area contributed by atoms with Crippen molar-refractivity contribution in [2.24, 2.45) is 5.18 Å². The van der Waals surface area contributed by atoms with Gasteiger partial charge in [0.25, 0.3) is 5.91 Å². The van der Waals surface area contributed by atoms with Gasteiger partial charge in [-0.15, -0.1) is 4.91 Å². The molecule has 1 N–H and O–H groups in total. The molecule has 10 nitrogen and oxygen atoms in total. The summed E-state index contributed by atoms with van der Waals surface area (Å²) in [5, 5.41) is 5.60. The van der Waals surface area contributed by atoms with Crippen LogP contribution in [-0.4, -0.2) is 65.6 Å². The van der Waals surface area contributed by atoms with E-state index < -0.39 is 35.5 Å². The van der Waals surface area contributed by atoms with Gasteiger partial charge in [0.15, 0.2) is 0 Å². The maximum absolute atomic E-state index is 13.8. The maximum atomic E-state index is 13.8. The molecule has 2 fully saturated rings.